The summed E-state index contributed by atoms with van der Waals surface area (Å²) in [6.07, 6.45) is 8.79. The van der Waals surface area contributed by atoms with E-state index in [4.69, 9.17) is 4.42 Å². The average Bonchev–Trinajstić information content (AvgIpc) is 3.39. The molecule has 8 saturated carbocycles. The van der Waals surface area contributed by atoms with Crippen molar-refractivity contribution >= 4 is 11.8 Å². The molecule has 8 bridgehead atoms. The first-order chi connectivity index (χ1) is 20.5. The van der Waals surface area contributed by atoms with Gasteiger partial charge in [-0.1, -0.05) is 12.1 Å². The van der Waals surface area contributed by atoms with Gasteiger partial charge in [0.25, 0.3) is 5.91 Å². The zero-order valence-electron chi connectivity index (χ0n) is 24.4. The molecule has 5 nitrogen and oxygen atoms in total. The zero-order valence-corrected chi connectivity index (χ0v) is 24.4. The molecule has 1 aromatic carbocycles. The van der Waals surface area contributed by atoms with Gasteiger partial charge < -0.3 is 14.6 Å². The second-order valence-electron chi connectivity index (χ2n) is 15.8. The third-order valence-electron chi connectivity index (χ3n) is 12.8. The first kappa shape index (κ1) is 26.6. The molecule has 1 atom stereocenters. The Hall–Kier alpha value is -2.77. The number of hydrogen-bond donors (Lipinski definition) is 1. The summed E-state index contributed by atoms with van der Waals surface area (Å²) >= 11 is 0. The van der Waals surface area contributed by atoms with Gasteiger partial charge in [-0.05, 0) is 137 Å². The lowest BCUT2D eigenvalue weighted by atomic mass is 9.51. The summed E-state index contributed by atoms with van der Waals surface area (Å²) in [6.45, 7) is 0. The molecule has 2 aromatic rings. The summed E-state index contributed by atoms with van der Waals surface area (Å²) in [5.74, 6) is 4.24. The van der Waals surface area contributed by atoms with Gasteiger partial charge in [0.2, 0.25) is 5.91 Å². The van der Waals surface area contributed by atoms with Crippen LogP contribution >= 0.6 is 0 Å². The van der Waals surface area contributed by atoms with Gasteiger partial charge in [-0.25, -0.2) is 0 Å². The molecule has 0 radical (unpaired) electrons. The lowest BCUT2D eigenvalue weighted by molar-refractivity contribution is -0.204. The molecular formula is C35H39F3N2O3. The van der Waals surface area contributed by atoms with Crippen LogP contribution in [0.15, 0.2) is 40.8 Å². The monoisotopic (exact) mass is 592 g/mol. The fourth-order valence-electron chi connectivity index (χ4n) is 12.2. The predicted octanol–water partition coefficient (Wildman–Crippen LogP) is 7.45. The van der Waals surface area contributed by atoms with Crippen molar-refractivity contribution in [3.05, 3.63) is 47.7 Å². The number of alkyl halides is 3. The van der Waals surface area contributed by atoms with Crippen LogP contribution in [0.3, 0.4) is 0 Å². The van der Waals surface area contributed by atoms with E-state index in [2.05, 4.69) is 5.32 Å². The normalized spacial score (nSPS) is 42.4. The molecule has 0 spiro atoms. The Labute approximate surface area is 249 Å². The molecule has 9 fully saturated rings. The number of benzene rings is 1. The number of likely N-dealkylation sites (tertiary alicyclic amines) is 1. The van der Waals surface area contributed by atoms with Crippen LogP contribution in [-0.4, -0.2) is 27.8 Å². The SMILES string of the molecule is O=C1CC(C(=O)NC23CC4CC(CC(C4)C2)C3)(c2ccc(-c3cccc(C(F)(F)F)c3)o2)N1C12CC3CC(CC(C3)C1)C2. The van der Waals surface area contributed by atoms with Crippen molar-refractivity contribution in [2.24, 2.45) is 35.5 Å². The number of rotatable bonds is 5. The van der Waals surface area contributed by atoms with E-state index in [1.165, 1.54) is 44.6 Å². The van der Waals surface area contributed by atoms with Gasteiger partial charge in [-0.15, -0.1) is 0 Å². The van der Waals surface area contributed by atoms with E-state index in [-0.39, 0.29) is 35.1 Å². The lowest BCUT2D eigenvalue weighted by Gasteiger charge is -2.67. The third-order valence-corrected chi connectivity index (χ3v) is 12.8. The molecule has 1 aromatic heterocycles. The Morgan fingerprint density at radius 1 is 0.814 bits per heavy atom. The minimum Gasteiger partial charge on any atom is -0.458 e. The number of amides is 2. The van der Waals surface area contributed by atoms with E-state index in [9.17, 15) is 22.8 Å². The highest BCUT2D eigenvalue weighted by molar-refractivity contribution is 6.02. The van der Waals surface area contributed by atoms with Crippen LogP contribution in [-0.2, 0) is 21.3 Å². The summed E-state index contributed by atoms with van der Waals surface area (Å²) in [7, 11) is 0. The Morgan fingerprint density at radius 3 is 1.91 bits per heavy atom. The van der Waals surface area contributed by atoms with Crippen LogP contribution in [0.4, 0.5) is 13.2 Å². The maximum Gasteiger partial charge on any atom is 0.416 e. The van der Waals surface area contributed by atoms with E-state index in [0.717, 1.165) is 50.7 Å². The van der Waals surface area contributed by atoms with Gasteiger partial charge >= 0.3 is 6.18 Å². The Balaban J connectivity index is 1.12. The molecule has 8 aliphatic carbocycles. The van der Waals surface area contributed by atoms with Gasteiger partial charge in [0.05, 0.1) is 12.0 Å². The van der Waals surface area contributed by atoms with E-state index in [1.807, 2.05) is 4.90 Å². The number of furan rings is 1. The van der Waals surface area contributed by atoms with Crippen LogP contribution < -0.4 is 5.32 Å². The van der Waals surface area contributed by atoms with Gasteiger partial charge in [0.15, 0.2) is 5.54 Å². The van der Waals surface area contributed by atoms with Crippen molar-refractivity contribution < 1.29 is 27.2 Å². The molecule has 1 aliphatic heterocycles. The van der Waals surface area contributed by atoms with Crippen LogP contribution in [0.5, 0.6) is 0 Å². The molecule has 9 aliphatic rings. The maximum atomic E-state index is 14.9. The highest BCUT2D eigenvalue weighted by Gasteiger charge is 2.69. The van der Waals surface area contributed by atoms with Crippen molar-refractivity contribution in [1.29, 1.82) is 0 Å². The molecule has 8 heteroatoms. The standard InChI is InChI=1S/C35H39F3N2O3/c36-35(37,38)27-3-1-2-26(12-27)28-4-5-29(43-28)34(31(42)39-32-13-20-6-21(14-32)8-22(7-20)15-32)19-30(41)40(34)33-16-23-9-24(17-33)11-25(10-23)18-33/h1-5,12,20-25H,6-11,13-19H2,(H,39,42). The summed E-state index contributed by atoms with van der Waals surface area (Å²) in [5.41, 5.74) is -2.30. The number of carbonyl (C=O) groups excluding carboxylic acids is 2. The van der Waals surface area contributed by atoms with Crippen molar-refractivity contribution in [3.63, 3.8) is 0 Å². The van der Waals surface area contributed by atoms with Crippen molar-refractivity contribution in [2.75, 3.05) is 0 Å². The zero-order chi connectivity index (χ0) is 29.4. The molecule has 1 unspecified atom stereocenters. The Bertz CT molecular complexity index is 1440. The Kier molecular flexibility index (Phi) is 5.38. The highest BCUT2D eigenvalue weighted by Crippen LogP contribution is 2.63. The summed E-state index contributed by atoms with van der Waals surface area (Å²) in [6, 6.07) is 8.54. The first-order valence-corrected chi connectivity index (χ1v) is 16.5. The number of halogens is 3. The largest absolute Gasteiger partial charge is 0.458 e. The number of hydrogen-bond acceptors (Lipinski definition) is 3. The van der Waals surface area contributed by atoms with E-state index in [0.29, 0.717) is 46.8 Å². The van der Waals surface area contributed by atoms with Gasteiger partial charge in [-0.3, -0.25) is 9.59 Å². The van der Waals surface area contributed by atoms with Crippen LogP contribution in [0, 0.1) is 35.5 Å². The van der Waals surface area contributed by atoms with E-state index >= 15 is 0 Å². The van der Waals surface area contributed by atoms with Crippen LogP contribution in [0.25, 0.3) is 11.3 Å². The highest BCUT2D eigenvalue weighted by atomic mass is 19.4. The number of nitrogens with one attached hydrogen (secondary N) is 1. The van der Waals surface area contributed by atoms with Crippen molar-refractivity contribution in [3.8, 4) is 11.3 Å². The molecule has 11 rings (SSSR count). The molecular weight excluding hydrogens is 553 g/mol. The number of carbonyl (C=O) groups is 2. The number of nitrogens with zero attached hydrogens (tertiary/aromatic N) is 1. The minimum atomic E-state index is -4.47. The summed E-state index contributed by atoms with van der Waals surface area (Å²) in [5, 5.41) is 3.58. The van der Waals surface area contributed by atoms with Crippen molar-refractivity contribution in [1.82, 2.24) is 10.2 Å². The second kappa shape index (κ2) is 8.69. The van der Waals surface area contributed by atoms with Gasteiger partial charge in [-0.2, -0.15) is 13.2 Å². The van der Waals surface area contributed by atoms with Gasteiger partial charge in [0.1, 0.15) is 11.5 Å². The van der Waals surface area contributed by atoms with Gasteiger partial charge in [0, 0.05) is 16.6 Å². The van der Waals surface area contributed by atoms with E-state index < -0.39 is 17.3 Å². The first-order valence-electron chi connectivity index (χ1n) is 16.5. The fourth-order valence-corrected chi connectivity index (χ4v) is 12.2. The smallest absolute Gasteiger partial charge is 0.416 e. The van der Waals surface area contributed by atoms with Crippen LogP contribution in [0.1, 0.15) is 94.8 Å². The minimum absolute atomic E-state index is 0.000342. The summed E-state index contributed by atoms with van der Waals surface area (Å²) < 4.78 is 47.0. The lowest BCUT2D eigenvalue weighted by Crippen LogP contribution is -2.78. The molecule has 1 N–H and O–H groups in total. The third kappa shape index (κ3) is 3.89. The second-order valence-corrected chi connectivity index (χ2v) is 15.8. The Morgan fingerprint density at radius 2 is 1.37 bits per heavy atom. The maximum absolute atomic E-state index is 14.9. The predicted molar refractivity (Wildman–Crippen MR) is 152 cm³/mol. The summed E-state index contributed by atoms with van der Waals surface area (Å²) in [4.78, 5) is 30.7. The number of β-lactam (4-membered cyclic amide) rings is 1. The fraction of sp³-hybridized carbons (Fsp3) is 0.657. The average molecular weight is 593 g/mol. The van der Waals surface area contributed by atoms with E-state index in [1.54, 1.807) is 18.2 Å². The van der Waals surface area contributed by atoms with Crippen molar-refractivity contribution in [2.45, 2.75) is 106 Å². The molecule has 1 saturated heterocycles. The molecule has 43 heavy (non-hydrogen) atoms. The molecule has 2 heterocycles. The van der Waals surface area contributed by atoms with Crippen LogP contribution in [0.2, 0.25) is 0 Å². The molecule has 2 amide bonds. The molecule has 228 valence electrons. The topological polar surface area (TPSA) is 62.6 Å². The quantitative estimate of drug-likeness (QED) is 0.367.